The van der Waals surface area contributed by atoms with Crippen LogP contribution in [0.15, 0.2) is 59.2 Å². The van der Waals surface area contributed by atoms with Gasteiger partial charge in [0.1, 0.15) is 0 Å². The summed E-state index contributed by atoms with van der Waals surface area (Å²) in [6.07, 6.45) is 13.4. The molecule has 0 atom stereocenters. The van der Waals surface area contributed by atoms with Crippen LogP contribution in [-0.4, -0.2) is 25.8 Å². The lowest BCUT2D eigenvalue weighted by Crippen LogP contribution is -2.31. The van der Waals surface area contributed by atoms with Crippen LogP contribution in [0.1, 0.15) is 51.5 Å². The molecule has 0 heterocycles. The van der Waals surface area contributed by atoms with Gasteiger partial charge in [-0.1, -0.05) is 56.0 Å². The predicted octanol–water partition coefficient (Wildman–Crippen LogP) is 5.24. The van der Waals surface area contributed by atoms with Crippen LogP contribution in [0, 0.1) is 6.92 Å². The molecule has 0 unspecified atom stereocenters. The van der Waals surface area contributed by atoms with Gasteiger partial charge in [0.15, 0.2) is 0 Å². The molecule has 1 aromatic rings. The molecule has 4 heteroatoms. The fourth-order valence-electron chi connectivity index (χ4n) is 2.35. The Balaban J connectivity index is 2.76. The van der Waals surface area contributed by atoms with Crippen molar-refractivity contribution in [3.05, 3.63) is 59.9 Å². The van der Waals surface area contributed by atoms with E-state index in [1.807, 2.05) is 44.2 Å². The van der Waals surface area contributed by atoms with Crippen LogP contribution in [0.5, 0.6) is 0 Å². The Labute approximate surface area is 153 Å². The molecule has 0 N–H and O–H groups in total. The zero-order valence-electron chi connectivity index (χ0n) is 15.7. The lowest BCUT2D eigenvalue weighted by atomic mass is 10.1. The van der Waals surface area contributed by atoms with Gasteiger partial charge in [-0.2, -0.15) is 4.31 Å². The summed E-state index contributed by atoms with van der Waals surface area (Å²) in [5.74, 6) is 0. The number of aryl methyl sites for hydroxylation is 1. The first-order valence-electron chi connectivity index (χ1n) is 9.09. The Kier molecular flexibility index (Phi) is 10.2. The van der Waals surface area contributed by atoms with Gasteiger partial charge in [0.25, 0.3) is 0 Å². The van der Waals surface area contributed by atoms with E-state index < -0.39 is 10.0 Å². The van der Waals surface area contributed by atoms with Crippen LogP contribution in [0.4, 0.5) is 0 Å². The molecule has 0 fully saturated rings. The van der Waals surface area contributed by atoms with Crippen molar-refractivity contribution in [3.63, 3.8) is 0 Å². The maximum Gasteiger partial charge on any atom is 0.243 e. The van der Waals surface area contributed by atoms with E-state index in [4.69, 9.17) is 0 Å². The number of sulfonamides is 1. The van der Waals surface area contributed by atoms with E-state index in [0.29, 0.717) is 18.0 Å². The van der Waals surface area contributed by atoms with Crippen molar-refractivity contribution in [2.75, 3.05) is 13.1 Å². The summed E-state index contributed by atoms with van der Waals surface area (Å²) in [7, 11) is -3.50. The molecule has 0 saturated carbocycles. The molecule has 1 rings (SSSR count). The van der Waals surface area contributed by atoms with Crippen LogP contribution in [0.25, 0.3) is 0 Å². The molecule has 0 amide bonds. The molecular formula is C21H31NO2S. The third kappa shape index (κ3) is 7.87. The van der Waals surface area contributed by atoms with Crippen LogP contribution in [-0.2, 0) is 10.0 Å². The molecule has 0 aliphatic heterocycles. The maximum absolute atomic E-state index is 12.8. The number of benzene rings is 1. The number of hydrogen-bond donors (Lipinski definition) is 0. The average molecular weight is 362 g/mol. The van der Waals surface area contributed by atoms with Crippen LogP contribution in [0.3, 0.4) is 0 Å². The highest BCUT2D eigenvalue weighted by Gasteiger charge is 2.22. The van der Waals surface area contributed by atoms with E-state index in [1.165, 1.54) is 30.0 Å². The monoisotopic (exact) mass is 361 g/mol. The normalized spacial score (nSPS) is 11.7. The summed E-state index contributed by atoms with van der Waals surface area (Å²) in [5.41, 5.74) is 4.17. The molecule has 0 aromatic heterocycles. The molecule has 3 nitrogen and oxygen atoms in total. The lowest BCUT2D eigenvalue weighted by Gasteiger charge is -2.19. The highest BCUT2D eigenvalue weighted by atomic mass is 32.2. The fraction of sp³-hybridized carbons (Fsp3) is 0.476. The second kappa shape index (κ2) is 11.9. The maximum atomic E-state index is 12.8. The summed E-state index contributed by atoms with van der Waals surface area (Å²) in [6, 6.07) is 6.99. The molecule has 0 aliphatic carbocycles. The predicted molar refractivity (Wildman–Crippen MR) is 106 cm³/mol. The molecule has 0 aliphatic rings. The third-order valence-corrected chi connectivity index (χ3v) is 5.78. The minimum atomic E-state index is -3.50. The quantitative estimate of drug-likeness (QED) is 0.307. The van der Waals surface area contributed by atoms with Crippen molar-refractivity contribution in [1.82, 2.24) is 4.31 Å². The summed E-state index contributed by atoms with van der Waals surface area (Å²) in [4.78, 5) is 0.333. The molecule has 138 valence electrons. The minimum Gasteiger partial charge on any atom is -0.207 e. The standard InChI is InChI=1S/C21H31NO2S/c1-4-6-8-9-10-11-12-13-19-22(18-7-5-2)25(23,24)21-16-14-20(3)15-17-21/h5,7,11,13-17H,4,6,8-10,18-19H2,1-3H3/b7-5+. The topological polar surface area (TPSA) is 37.4 Å². The van der Waals surface area contributed by atoms with E-state index in [2.05, 4.69) is 12.7 Å². The molecule has 0 bridgehead atoms. The highest BCUT2D eigenvalue weighted by molar-refractivity contribution is 7.89. The number of allylic oxidation sites excluding steroid dienone is 1. The largest absolute Gasteiger partial charge is 0.243 e. The second-order valence-corrected chi connectivity index (χ2v) is 8.07. The van der Waals surface area contributed by atoms with Gasteiger partial charge in [-0.15, -0.1) is 5.73 Å². The van der Waals surface area contributed by atoms with Gasteiger partial charge in [0, 0.05) is 13.1 Å². The minimum absolute atomic E-state index is 0.325. The first kappa shape index (κ1) is 21.4. The Bertz CT molecular complexity index is 681. The third-order valence-electron chi connectivity index (χ3n) is 3.94. The zero-order chi connectivity index (χ0) is 18.5. The molecule has 0 saturated heterocycles. The van der Waals surface area contributed by atoms with Crippen molar-refractivity contribution in [1.29, 1.82) is 0 Å². The van der Waals surface area contributed by atoms with Crippen molar-refractivity contribution in [3.8, 4) is 0 Å². The van der Waals surface area contributed by atoms with Crippen molar-refractivity contribution < 1.29 is 8.42 Å². The summed E-state index contributed by atoms with van der Waals surface area (Å²) in [6.45, 7) is 6.72. The van der Waals surface area contributed by atoms with E-state index in [9.17, 15) is 8.42 Å². The van der Waals surface area contributed by atoms with Gasteiger partial charge in [0.05, 0.1) is 4.90 Å². The summed E-state index contributed by atoms with van der Waals surface area (Å²) in [5, 5.41) is 0. The Morgan fingerprint density at radius 3 is 2.40 bits per heavy atom. The number of hydrogen-bond acceptors (Lipinski definition) is 2. The molecule has 25 heavy (non-hydrogen) atoms. The summed E-state index contributed by atoms with van der Waals surface area (Å²) < 4.78 is 27.1. The Morgan fingerprint density at radius 2 is 1.76 bits per heavy atom. The van der Waals surface area contributed by atoms with E-state index in [-0.39, 0.29) is 0 Å². The van der Waals surface area contributed by atoms with Gasteiger partial charge in [-0.25, -0.2) is 8.42 Å². The number of unbranched alkanes of at least 4 members (excludes halogenated alkanes) is 4. The van der Waals surface area contributed by atoms with E-state index in [0.717, 1.165) is 12.0 Å². The molecule has 0 spiro atoms. The second-order valence-electron chi connectivity index (χ2n) is 6.13. The van der Waals surface area contributed by atoms with Gasteiger partial charge in [0.2, 0.25) is 10.0 Å². The van der Waals surface area contributed by atoms with Gasteiger partial charge < -0.3 is 0 Å². The summed E-state index contributed by atoms with van der Waals surface area (Å²) >= 11 is 0. The molecular weight excluding hydrogens is 330 g/mol. The Hall–Kier alpha value is -1.61. The van der Waals surface area contributed by atoms with Crippen LogP contribution in [0.2, 0.25) is 0 Å². The van der Waals surface area contributed by atoms with E-state index >= 15 is 0 Å². The van der Waals surface area contributed by atoms with E-state index in [1.54, 1.807) is 18.2 Å². The fourth-order valence-corrected chi connectivity index (χ4v) is 3.68. The average Bonchev–Trinajstić information content (AvgIpc) is 2.60. The number of rotatable bonds is 11. The van der Waals surface area contributed by atoms with Gasteiger partial charge in [-0.05, 0) is 51.0 Å². The molecule has 1 aromatic carbocycles. The van der Waals surface area contributed by atoms with Crippen molar-refractivity contribution in [2.45, 2.75) is 57.8 Å². The molecule has 0 radical (unpaired) electrons. The first-order chi connectivity index (χ1) is 12.0. The van der Waals surface area contributed by atoms with Gasteiger partial charge >= 0.3 is 0 Å². The van der Waals surface area contributed by atoms with Crippen LogP contribution < -0.4 is 0 Å². The van der Waals surface area contributed by atoms with Crippen molar-refractivity contribution in [2.24, 2.45) is 0 Å². The van der Waals surface area contributed by atoms with Gasteiger partial charge in [-0.3, -0.25) is 0 Å². The van der Waals surface area contributed by atoms with Crippen LogP contribution >= 0.6 is 0 Å². The SMILES string of the molecule is C/C=C/CN(CC=C=CCCCCCC)S(=O)(=O)c1ccc(C)cc1. The number of nitrogens with zero attached hydrogens (tertiary/aromatic N) is 1. The highest BCUT2D eigenvalue weighted by Crippen LogP contribution is 2.16. The Morgan fingerprint density at radius 1 is 1.04 bits per heavy atom. The first-order valence-corrected chi connectivity index (χ1v) is 10.5. The lowest BCUT2D eigenvalue weighted by molar-refractivity contribution is 0.474. The van der Waals surface area contributed by atoms with Crippen molar-refractivity contribution >= 4 is 10.0 Å². The zero-order valence-corrected chi connectivity index (χ0v) is 16.6. The smallest absolute Gasteiger partial charge is 0.207 e.